The molecule has 8 aliphatic carbocycles. The molecule has 16 N–H and O–H groups in total. The van der Waals surface area contributed by atoms with E-state index in [1.54, 1.807) is 0 Å². The predicted octanol–water partition coefficient (Wildman–Crippen LogP) is 8.73. The fourth-order valence-corrected chi connectivity index (χ4v) is 20.3. The molecule has 8 aromatic heterocycles. The highest BCUT2D eigenvalue weighted by atomic mass is 32.2. The summed E-state index contributed by atoms with van der Waals surface area (Å²) in [4.78, 5) is 36.8. The number of thioether (sulfide) groups is 4. The molecule has 144 heavy (non-hydrogen) atoms. The summed E-state index contributed by atoms with van der Waals surface area (Å²) in [6.45, 7) is 0.216. The first-order valence-corrected chi connectivity index (χ1v) is 51.2. The minimum absolute atomic E-state index is 0.00570. The molecule has 0 spiro atoms. The highest BCUT2D eigenvalue weighted by Crippen LogP contribution is 2.50. The van der Waals surface area contributed by atoms with Gasteiger partial charge in [-0.1, -0.05) is 144 Å². The normalized spacial score (nSPS) is 30.0. The molecule has 20 rings (SSSR count). The number of ether oxygens (including phenoxy) is 4. The van der Waals surface area contributed by atoms with E-state index >= 15 is 0 Å². The molecule has 776 valence electrons. The fraction of sp³-hybridized carbons (Fsp3) is 0.583. The highest BCUT2D eigenvalue weighted by Gasteiger charge is 2.51. The van der Waals surface area contributed by atoms with Gasteiger partial charge in [0.1, 0.15) is 72.1 Å². The third-order valence-corrected chi connectivity index (χ3v) is 29.9. The van der Waals surface area contributed by atoms with Crippen LogP contribution in [0.2, 0.25) is 0 Å². The second-order valence-electron chi connectivity index (χ2n) is 36.0. The summed E-state index contributed by atoms with van der Waals surface area (Å²) in [7, 11) is 0. The lowest BCUT2D eigenvalue weighted by Gasteiger charge is -2.17. The third kappa shape index (κ3) is 23.8. The Morgan fingerprint density at radius 1 is 0.340 bits per heavy atom. The Labute approximate surface area is 871 Å². The van der Waals surface area contributed by atoms with Gasteiger partial charge in [-0.15, -0.1) is 20.4 Å². The van der Waals surface area contributed by atoms with E-state index in [2.05, 4.69) is 102 Å². The van der Waals surface area contributed by atoms with E-state index in [0.29, 0.717) is 80.7 Å². The van der Waals surface area contributed by atoms with Crippen LogP contribution in [0.15, 0.2) is 93.1 Å². The number of nitrogens with one attached hydrogen (secondary N) is 4. The van der Waals surface area contributed by atoms with Crippen molar-refractivity contribution < 1.29 is 125 Å². The van der Waals surface area contributed by atoms with Gasteiger partial charge < -0.3 is 101 Å². The number of rotatable bonds is 40. The van der Waals surface area contributed by atoms with Crippen molar-refractivity contribution in [3.8, 4) is 0 Å². The zero-order valence-electron chi connectivity index (χ0n) is 99.1. The first-order chi connectivity index (χ1) is 77.4. The van der Waals surface area contributed by atoms with Gasteiger partial charge in [0.25, 0.3) is 0 Å². The lowest BCUT2D eigenvalue weighted by molar-refractivity contribution is -0.0629. The van der Waals surface area contributed by atoms with Crippen LogP contribution in [-0.4, -0.2) is 334 Å². The molecule has 0 saturated heterocycles. The monoisotopic (exact) mass is 2090 g/mol. The average Bonchev–Trinajstić information content (AvgIpc) is 1.59. The minimum atomic E-state index is -3.37. The summed E-state index contributed by atoms with van der Waals surface area (Å²) in [6, 6.07) is -7.72. The van der Waals surface area contributed by atoms with E-state index in [1.807, 2.05) is 27.7 Å². The van der Waals surface area contributed by atoms with Crippen LogP contribution in [0.4, 0.5) is 40.8 Å². The summed E-state index contributed by atoms with van der Waals surface area (Å²) in [5.74, 6) is -0.532. The molecule has 8 fully saturated rings. The Morgan fingerprint density at radius 3 is 0.840 bits per heavy atom. The Bertz CT molecular complexity index is 7470. The standard InChI is InChI=1S/4C24H31FN6O4S/c4*1-3-8-36-24-27-22(26-16-10-14(16)13-5-4-12(2)15(25)9-13)19-23(28-24)31(30-29-19)17-11-18(35-7-6-32)21(34)20(17)33/h4*4-5,9,14,16-18,20-21,32-34H,3,6-8,10-11H2,1-2H3,(H,26,27,28)/t4*14-,16+,17+,18-,20-,21+/m0000/s1/i4D,5D,6D2,7D2,9D;4D,5D,7D2,9D;4D,5D,6D2,9D;4D,5D,9D. The molecule has 8 aliphatic rings. The van der Waals surface area contributed by atoms with Crippen molar-refractivity contribution in [1.29, 1.82) is 0 Å². The largest absolute Gasteiger partial charge is 0.394 e. The highest BCUT2D eigenvalue weighted by molar-refractivity contribution is 7.99. The average molecular weight is 2090 g/mol. The maximum absolute atomic E-state index is 14.6. The zero-order chi connectivity index (χ0) is 119. The Morgan fingerprint density at radius 2 is 0.597 bits per heavy atom. The number of aliphatic hydroxyl groups is 12. The van der Waals surface area contributed by atoms with Gasteiger partial charge in [0, 0.05) is 96.5 Å². The molecule has 40 nitrogen and oxygen atoms in total. The van der Waals surface area contributed by atoms with Crippen LogP contribution in [0.5, 0.6) is 0 Å². The van der Waals surface area contributed by atoms with Crippen LogP contribution in [0, 0.1) is 51.0 Å². The molecule has 8 saturated carbocycles. The molecule has 0 radical (unpaired) electrons. The van der Waals surface area contributed by atoms with Gasteiger partial charge in [0.15, 0.2) is 88.6 Å². The number of aromatic nitrogens is 20. The van der Waals surface area contributed by atoms with Crippen LogP contribution >= 0.6 is 47.0 Å². The molecule has 0 aliphatic heterocycles. The molecule has 8 heterocycles. The molecule has 0 bridgehead atoms. The molecule has 12 aromatic rings. The number of hydrogen-bond acceptors (Lipinski definition) is 40. The summed E-state index contributed by atoms with van der Waals surface area (Å²) in [5, 5.41) is 171. The Balaban J connectivity index is 0.000000146. The van der Waals surface area contributed by atoms with E-state index in [1.165, 1.54) is 93.5 Å². The third-order valence-electron chi connectivity index (χ3n) is 25.7. The lowest BCUT2D eigenvalue weighted by Crippen LogP contribution is -2.33. The maximum atomic E-state index is 14.6. The van der Waals surface area contributed by atoms with Gasteiger partial charge in [-0.3, -0.25) is 0 Å². The number of fused-ring (bicyclic) bond motifs is 4. The number of hydrogen-bond donors (Lipinski definition) is 16. The summed E-state index contributed by atoms with van der Waals surface area (Å²) < 4.78 is 243. The van der Waals surface area contributed by atoms with Gasteiger partial charge in [-0.25, -0.2) is 76.2 Å². The van der Waals surface area contributed by atoms with Crippen LogP contribution in [0.3, 0.4) is 0 Å². The smallest absolute Gasteiger partial charge is 0.191 e. The lowest BCUT2D eigenvalue weighted by atomic mass is 10.1. The van der Waals surface area contributed by atoms with Crippen molar-refractivity contribution >= 4 is 115 Å². The van der Waals surface area contributed by atoms with E-state index in [4.69, 9.17) is 51.5 Å². The van der Waals surface area contributed by atoms with Crippen LogP contribution in [0.25, 0.3) is 44.7 Å². The maximum Gasteiger partial charge on any atom is 0.191 e. The zero-order valence-corrected chi connectivity index (χ0v) is 82.4. The first-order valence-electron chi connectivity index (χ1n) is 57.3. The van der Waals surface area contributed by atoms with Crippen molar-refractivity contribution in [1.82, 2.24) is 99.8 Å². The van der Waals surface area contributed by atoms with Crippen molar-refractivity contribution in [3.63, 3.8) is 0 Å². The van der Waals surface area contributed by atoms with Crippen LogP contribution in [0.1, 0.15) is 225 Å². The van der Waals surface area contributed by atoms with Gasteiger partial charge in [0.05, 0.1) is 129 Å². The molecule has 24 atom stereocenters. The van der Waals surface area contributed by atoms with Crippen LogP contribution < -0.4 is 21.3 Å². The molecular formula is C96H124F4N24O16S4. The number of anilines is 4. The number of nitrogens with zero attached hydrogens (tertiary/aromatic N) is 20. The summed E-state index contributed by atoms with van der Waals surface area (Å²) in [6.07, 6.45) is -9.81. The number of aliphatic hydroxyl groups excluding tert-OH is 10. The number of benzene rings is 4. The van der Waals surface area contributed by atoms with Crippen molar-refractivity contribution in [2.24, 2.45) is 0 Å². The van der Waals surface area contributed by atoms with E-state index < -0.39 is 172 Å². The second-order valence-corrected chi connectivity index (χ2v) is 40.3. The van der Waals surface area contributed by atoms with Crippen molar-refractivity contribution in [3.05, 3.63) is 140 Å². The molecule has 4 aromatic carbocycles. The van der Waals surface area contributed by atoms with Gasteiger partial charge in [0.2, 0.25) is 0 Å². The molecule has 0 amide bonds. The van der Waals surface area contributed by atoms with E-state index in [0.717, 1.165) is 42.9 Å². The van der Waals surface area contributed by atoms with Crippen LogP contribution in [-0.2, 0) is 18.9 Å². The SMILES string of the molecule is [2H]c1c([2H])c([C@@H]2C[C@H]2Nc2nc(SCCC)nc3c2nnn3[C@@H]2C[C@H](OC([2H])([2H])C([2H])([2H])O)[C@@H](O)[C@H]2O)c([2H])c(F)c1C.[2H]c1c([2H])c([C@@H]2C[C@H]2Nc2nc(SCCC)nc3c2nnn3[C@@H]2C[C@H](OC([2H])([2H])CO)[C@@H](O)[C@H]2O)c([2H])c(F)c1C.[2H]c1c([2H])c([C@@H]2C[C@H]2Nc2nc(SCCC)nc3c2nnn3[C@@H]2C[C@H](OCC([2H])([2H])O)[C@@H](O)[C@H]2O)c([2H])c(F)c1C.[2H]c1c([2H])c([C@@H]2C[C@H]2Nc2nc(SCCC)nc3c2nnn3[C@@H]2C[C@H](OCCO)[C@@H](O)[C@H]2O)c([2H])c(F)c1C. The fourth-order valence-electron chi connectivity index (χ4n) is 17.5. The summed E-state index contributed by atoms with van der Waals surface area (Å²) >= 11 is 5.59. The van der Waals surface area contributed by atoms with Crippen molar-refractivity contribution in [2.45, 2.75) is 298 Å². The quantitative estimate of drug-likeness (QED) is 0.00969. The van der Waals surface area contributed by atoms with E-state index in [9.17, 15) is 73.7 Å². The molecule has 48 heteroatoms. The Kier molecular flexibility index (Phi) is 27.1. The van der Waals surface area contributed by atoms with Crippen molar-refractivity contribution in [2.75, 3.05) is 96.9 Å². The first kappa shape index (κ1) is 82.4. The number of halogens is 4. The van der Waals surface area contributed by atoms with Gasteiger partial charge >= 0.3 is 0 Å². The predicted molar refractivity (Wildman–Crippen MR) is 530 cm³/mol. The van der Waals surface area contributed by atoms with E-state index in [-0.39, 0.29) is 231 Å². The second kappa shape index (κ2) is 47.3. The summed E-state index contributed by atoms with van der Waals surface area (Å²) in [5.41, 5.74) is 2.76. The van der Waals surface area contributed by atoms with Gasteiger partial charge in [-0.2, -0.15) is 0 Å². The topological polar surface area (TPSA) is 554 Å². The van der Waals surface area contributed by atoms with Gasteiger partial charge in [-0.05, 0) is 148 Å². The Hall–Kier alpha value is -9.52. The molecular weight excluding hydrogens is 1950 g/mol. The minimum Gasteiger partial charge on any atom is -0.394 e. The molecule has 0 unspecified atom stereocenters.